The molecule has 0 N–H and O–H groups in total. The van der Waals surface area contributed by atoms with Crippen LogP contribution in [0.15, 0.2) is 66.8 Å². The van der Waals surface area contributed by atoms with Crippen molar-refractivity contribution in [1.82, 2.24) is 0 Å². The minimum absolute atomic E-state index is 0.658. The van der Waals surface area contributed by atoms with E-state index < -0.39 is 0 Å². The molecule has 0 spiro atoms. The van der Waals surface area contributed by atoms with Crippen LogP contribution in [0.25, 0.3) is 28.3 Å². The van der Waals surface area contributed by atoms with Crippen molar-refractivity contribution in [3.8, 4) is 11.1 Å². The Morgan fingerprint density at radius 1 is 0.826 bits per heavy atom. The zero-order valence-corrected chi connectivity index (χ0v) is 29.1. The first kappa shape index (κ1) is 30.2. The first-order chi connectivity index (χ1) is 22.2. The van der Waals surface area contributed by atoms with E-state index in [0.717, 1.165) is 48.3 Å². The van der Waals surface area contributed by atoms with Gasteiger partial charge in [-0.3, -0.25) is 0 Å². The minimum Gasteiger partial charge on any atom is -0.0998 e. The van der Waals surface area contributed by atoms with Crippen LogP contribution >= 0.6 is 0 Å². The molecule has 0 radical (unpaired) electrons. The van der Waals surface area contributed by atoms with Crippen LogP contribution in [0.4, 0.5) is 0 Å². The van der Waals surface area contributed by atoms with Gasteiger partial charge in [0.2, 0.25) is 0 Å². The summed E-state index contributed by atoms with van der Waals surface area (Å²) in [6, 6.07) is 19.3. The molecule has 3 aromatic rings. The van der Waals surface area contributed by atoms with Gasteiger partial charge in [-0.1, -0.05) is 86.2 Å². The molecule has 8 rings (SSSR count). The van der Waals surface area contributed by atoms with E-state index in [0.29, 0.717) is 5.92 Å². The molecule has 0 amide bonds. The molecule has 3 saturated carbocycles. The Morgan fingerprint density at radius 2 is 1.52 bits per heavy atom. The zero-order chi connectivity index (χ0) is 31.7. The average molecular weight is 607 g/mol. The third-order valence-corrected chi connectivity index (χ3v) is 12.9. The number of benzene rings is 3. The first-order valence-corrected chi connectivity index (χ1v) is 18.7. The molecule has 0 heterocycles. The van der Waals surface area contributed by atoms with Crippen molar-refractivity contribution in [3.63, 3.8) is 0 Å². The number of allylic oxidation sites excluding steroid dienone is 4. The maximum absolute atomic E-state index is 4.31. The Bertz CT molecular complexity index is 1720. The van der Waals surface area contributed by atoms with Crippen LogP contribution in [-0.4, -0.2) is 0 Å². The summed E-state index contributed by atoms with van der Waals surface area (Å²) in [7, 11) is 0. The van der Waals surface area contributed by atoms with Crippen LogP contribution in [0.1, 0.15) is 123 Å². The van der Waals surface area contributed by atoms with Gasteiger partial charge in [0, 0.05) is 5.92 Å². The van der Waals surface area contributed by atoms with E-state index >= 15 is 0 Å². The molecule has 5 aliphatic carbocycles. The van der Waals surface area contributed by atoms with Crippen molar-refractivity contribution in [2.45, 2.75) is 105 Å². The number of fused-ring (bicyclic) bond motifs is 2. The van der Waals surface area contributed by atoms with Gasteiger partial charge in [0.05, 0.1) is 0 Å². The fraction of sp³-hybridized carbons (Fsp3) is 0.478. The van der Waals surface area contributed by atoms with Crippen molar-refractivity contribution in [2.24, 2.45) is 35.5 Å². The molecule has 0 aromatic heterocycles. The lowest BCUT2D eigenvalue weighted by Crippen LogP contribution is -2.34. The topological polar surface area (TPSA) is 0 Å². The maximum Gasteiger partial charge on any atom is 0.00584 e. The molecule has 5 aliphatic rings. The normalized spacial score (nSPS) is 26.8. The van der Waals surface area contributed by atoms with E-state index in [4.69, 9.17) is 0 Å². The number of aryl methyl sites for hydroxylation is 2. The summed E-state index contributed by atoms with van der Waals surface area (Å²) in [5.41, 5.74) is 19.0. The van der Waals surface area contributed by atoms with Gasteiger partial charge in [-0.25, -0.2) is 0 Å². The van der Waals surface area contributed by atoms with Crippen LogP contribution in [0.5, 0.6) is 0 Å². The van der Waals surface area contributed by atoms with Crippen LogP contribution in [0, 0.1) is 49.4 Å². The fourth-order valence-corrected chi connectivity index (χ4v) is 9.87. The van der Waals surface area contributed by atoms with E-state index in [1.165, 1.54) is 107 Å². The third kappa shape index (κ3) is 5.48. The van der Waals surface area contributed by atoms with Gasteiger partial charge in [-0.15, -0.1) is 0 Å². The van der Waals surface area contributed by atoms with Gasteiger partial charge in [-0.05, 0) is 188 Å². The van der Waals surface area contributed by atoms with Crippen molar-refractivity contribution in [1.29, 1.82) is 0 Å². The Morgan fingerprint density at radius 3 is 2.20 bits per heavy atom. The van der Waals surface area contributed by atoms with E-state index in [1.807, 2.05) is 0 Å². The summed E-state index contributed by atoms with van der Waals surface area (Å²) in [6.07, 6.45) is 18.8. The SMILES string of the molecule is C=C(C)Cc1c(C)cc2c(c1-c1ccc(C)cc1)CC(c1ccc3c(c1)C(C1CCC(C4CC(C(C)C)C4)CC1)=CC3C1CC1)=C2. The quantitative estimate of drug-likeness (QED) is 0.224. The molecule has 46 heavy (non-hydrogen) atoms. The summed E-state index contributed by atoms with van der Waals surface area (Å²) < 4.78 is 0. The van der Waals surface area contributed by atoms with Gasteiger partial charge in [-0.2, -0.15) is 0 Å². The molecule has 3 aromatic carbocycles. The summed E-state index contributed by atoms with van der Waals surface area (Å²) in [5, 5.41) is 0. The van der Waals surface area contributed by atoms with Crippen molar-refractivity contribution < 1.29 is 0 Å². The average Bonchev–Trinajstić information content (AvgIpc) is 3.66. The number of rotatable bonds is 8. The highest BCUT2D eigenvalue weighted by Crippen LogP contribution is 2.55. The lowest BCUT2D eigenvalue weighted by atomic mass is 9.60. The highest BCUT2D eigenvalue weighted by molar-refractivity contribution is 5.94. The number of hydrogen-bond donors (Lipinski definition) is 0. The molecule has 3 fully saturated rings. The molecule has 1 atom stereocenters. The maximum atomic E-state index is 4.31. The third-order valence-electron chi connectivity index (χ3n) is 12.9. The standard InChI is InChI=1S/C46H54/c1-27(2)19-41-30(6)20-39-23-38(25-44(39)46(41)34-9-7-29(5)8-10-34)35-17-18-40-42(32-15-16-32)26-43(45(40)24-35)33-13-11-31(12-14-33)37-21-36(22-37)28(3)4/h7-10,17-18,20,23-24,26,28,31-33,36-37,42H,1,11-16,19,21-22,25H2,2-6H3. The fourth-order valence-electron chi connectivity index (χ4n) is 9.87. The Hall–Kier alpha value is -3.12. The molecule has 0 heteroatoms. The van der Waals surface area contributed by atoms with Crippen LogP contribution < -0.4 is 0 Å². The monoisotopic (exact) mass is 606 g/mol. The largest absolute Gasteiger partial charge is 0.0998 e. The van der Waals surface area contributed by atoms with Crippen molar-refractivity contribution in [2.75, 3.05) is 0 Å². The van der Waals surface area contributed by atoms with Crippen molar-refractivity contribution in [3.05, 3.63) is 111 Å². The molecule has 1 unspecified atom stereocenters. The second kappa shape index (κ2) is 11.8. The van der Waals surface area contributed by atoms with Crippen molar-refractivity contribution >= 4 is 17.2 Å². The van der Waals surface area contributed by atoms with Gasteiger partial charge in [0.25, 0.3) is 0 Å². The Balaban J connectivity index is 1.08. The number of hydrogen-bond acceptors (Lipinski definition) is 0. The summed E-state index contributed by atoms with van der Waals surface area (Å²) in [4.78, 5) is 0. The predicted molar refractivity (Wildman–Crippen MR) is 198 cm³/mol. The molecular formula is C46H54. The van der Waals surface area contributed by atoms with Crippen LogP contribution in [0.2, 0.25) is 0 Å². The van der Waals surface area contributed by atoms with E-state index in [2.05, 4.69) is 102 Å². The molecule has 0 saturated heterocycles. The van der Waals surface area contributed by atoms with Gasteiger partial charge >= 0.3 is 0 Å². The van der Waals surface area contributed by atoms with Crippen LogP contribution in [-0.2, 0) is 12.8 Å². The Kier molecular flexibility index (Phi) is 7.78. The van der Waals surface area contributed by atoms with Gasteiger partial charge in [0.15, 0.2) is 0 Å². The summed E-state index contributed by atoms with van der Waals surface area (Å²) >= 11 is 0. The zero-order valence-electron chi connectivity index (χ0n) is 29.1. The highest BCUT2D eigenvalue weighted by atomic mass is 14.5. The summed E-state index contributed by atoms with van der Waals surface area (Å²) in [5.74, 6) is 6.17. The van der Waals surface area contributed by atoms with E-state index in [-0.39, 0.29) is 0 Å². The highest BCUT2D eigenvalue weighted by Gasteiger charge is 2.41. The van der Waals surface area contributed by atoms with Crippen LogP contribution in [0.3, 0.4) is 0 Å². The predicted octanol–water partition coefficient (Wildman–Crippen LogP) is 12.6. The van der Waals surface area contributed by atoms with Gasteiger partial charge < -0.3 is 0 Å². The van der Waals surface area contributed by atoms with Gasteiger partial charge in [0.1, 0.15) is 0 Å². The lowest BCUT2D eigenvalue weighted by molar-refractivity contribution is 0.0646. The summed E-state index contributed by atoms with van der Waals surface area (Å²) in [6.45, 7) is 15.8. The second-order valence-corrected chi connectivity index (χ2v) is 16.6. The molecule has 0 bridgehead atoms. The first-order valence-electron chi connectivity index (χ1n) is 18.7. The molecular weight excluding hydrogens is 553 g/mol. The van der Waals surface area contributed by atoms with E-state index in [1.54, 1.807) is 16.7 Å². The minimum atomic E-state index is 0.658. The molecule has 0 nitrogen and oxygen atoms in total. The second-order valence-electron chi connectivity index (χ2n) is 16.6. The lowest BCUT2D eigenvalue weighted by Gasteiger charge is -2.45. The molecule has 0 aliphatic heterocycles. The van der Waals surface area contributed by atoms with E-state index in [9.17, 15) is 0 Å². The smallest absolute Gasteiger partial charge is 0.00584 e. The Labute approximate surface area is 279 Å². The molecule has 238 valence electrons.